The molecule has 1 atom stereocenters. The number of ether oxygens (including phenoxy) is 2. The minimum atomic E-state index is -0.708. The van der Waals surface area contributed by atoms with Gasteiger partial charge in [-0.1, -0.05) is 28.1 Å². The number of methoxy groups -OCH3 is 2. The summed E-state index contributed by atoms with van der Waals surface area (Å²) >= 11 is 3.40. The van der Waals surface area contributed by atoms with E-state index in [0.717, 1.165) is 15.6 Å². The van der Waals surface area contributed by atoms with Crippen LogP contribution in [0.5, 0.6) is 5.75 Å². The van der Waals surface area contributed by atoms with Crippen LogP contribution in [-0.2, 0) is 14.3 Å². The van der Waals surface area contributed by atoms with Crippen molar-refractivity contribution in [2.24, 2.45) is 0 Å². The van der Waals surface area contributed by atoms with Crippen molar-refractivity contribution >= 4 is 33.4 Å². The van der Waals surface area contributed by atoms with Crippen LogP contribution < -0.4 is 4.74 Å². The van der Waals surface area contributed by atoms with Crippen LogP contribution in [0.1, 0.15) is 22.7 Å². The molecule has 29 heavy (non-hydrogen) atoms. The van der Waals surface area contributed by atoms with Crippen molar-refractivity contribution in [3.05, 3.63) is 69.2 Å². The number of likely N-dealkylation sites (tertiary alicyclic amines) is 1. The van der Waals surface area contributed by atoms with Crippen LogP contribution in [0.4, 0.5) is 0 Å². The summed E-state index contributed by atoms with van der Waals surface area (Å²) in [6.45, 7) is 2.36. The molecule has 1 saturated heterocycles. The number of nitrogens with zero attached hydrogens (tertiary/aromatic N) is 1. The molecule has 0 unspecified atom stereocenters. The molecule has 0 saturated carbocycles. The van der Waals surface area contributed by atoms with Gasteiger partial charge in [0, 0.05) is 23.7 Å². The predicted molar refractivity (Wildman–Crippen MR) is 113 cm³/mol. The van der Waals surface area contributed by atoms with Crippen LogP contribution in [-0.4, -0.2) is 49.1 Å². The van der Waals surface area contributed by atoms with E-state index in [9.17, 15) is 14.7 Å². The highest BCUT2D eigenvalue weighted by atomic mass is 79.9. The van der Waals surface area contributed by atoms with Crippen molar-refractivity contribution in [2.75, 3.05) is 27.4 Å². The van der Waals surface area contributed by atoms with Gasteiger partial charge in [-0.15, -0.1) is 0 Å². The van der Waals surface area contributed by atoms with Crippen LogP contribution >= 0.6 is 15.9 Å². The minimum Gasteiger partial charge on any atom is -0.507 e. The van der Waals surface area contributed by atoms with E-state index in [1.165, 1.54) is 12.0 Å². The largest absolute Gasteiger partial charge is 0.507 e. The van der Waals surface area contributed by atoms with Crippen LogP contribution in [0, 0.1) is 6.92 Å². The summed E-state index contributed by atoms with van der Waals surface area (Å²) in [5.74, 6) is -0.893. The molecule has 1 amide bonds. The van der Waals surface area contributed by atoms with Gasteiger partial charge >= 0.3 is 0 Å². The van der Waals surface area contributed by atoms with Gasteiger partial charge in [-0.25, -0.2) is 0 Å². The lowest BCUT2D eigenvalue weighted by Gasteiger charge is -2.25. The molecule has 1 N–H and O–H groups in total. The van der Waals surface area contributed by atoms with E-state index >= 15 is 0 Å². The average molecular weight is 460 g/mol. The van der Waals surface area contributed by atoms with Gasteiger partial charge in [0.05, 0.1) is 25.3 Å². The molecule has 6 nitrogen and oxygen atoms in total. The first-order valence-corrected chi connectivity index (χ1v) is 9.86. The first-order valence-electron chi connectivity index (χ1n) is 9.06. The summed E-state index contributed by atoms with van der Waals surface area (Å²) in [5, 5.41) is 11.0. The smallest absolute Gasteiger partial charge is 0.295 e. The standard InChI is InChI=1S/C22H22BrNO5/c1-13-12-15(6-9-17(13)29-3)20(25)18-19(14-4-7-16(23)8-5-14)24(10-11-28-2)22(27)21(18)26/h4-9,12,19,25H,10-11H2,1-3H3/b20-18+/t19-/m0/s1. The molecule has 2 aromatic carbocycles. The second-order valence-corrected chi connectivity index (χ2v) is 7.64. The zero-order valence-electron chi connectivity index (χ0n) is 16.4. The number of aliphatic hydroxyl groups excluding tert-OH is 1. The monoisotopic (exact) mass is 459 g/mol. The van der Waals surface area contributed by atoms with E-state index < -0.39 is 17.7 Å². The van der Waals surface area contributed by atoms with Gasteiger partial charge < -0.3 is 19.5 Å². The van der Waals surface area contributed by atoms with E-state index in [-0.39, 0.29) is 24.5 Å². The van der Waals surface area contributed by atoms with Crippen LogP contribution in [0.15, 0.2) is 52.5 Å². The van der Waals surface area contributed by atoms with Gasteiger partial charge in [0.1, 0.15) is 11.5 Å². The Bertz CT molecular complexity index is 968. The molecule has 0 radical (unpaired) electrons. The SMILES string of the molecule is COCCN1C(=O)C(=O)/C(=C(/O)c2ccc(OC)c(C)c2)[C@@H]1c1ccc(Br)cc1. The Labute approximate surface area is 177 Å². The molecular weight excluding hydrogens is 438 g/mol. The summed E-state index contributed by atoms with van der Waals surface area (Å²) < 4.78 is 11.2. The lowest BCUT2D eigenvalue weighted by Crippen LogP contribution is -2.32. The molecule has 1 aliphatic rings. The number of aliphatic hydroxyl groups is 1. The zero-order chi connectivity index (χ0) is 21.1. The normalized spacial score (nSPS) is 18.3. The number of hydrogen-bond acceptors (Lipinski definition) is 5. The zero-order valence-corrected chi connectivity index (χ0v) is 18.0. The fourth-order valence-electron chi connectivity index (χ4n) is 3.47. The Morgan fingerprint density at radius 2 is 1.83 bits per heavy atom. The van der Waals surface area contributed by atoms with Crippen molar-refractivity contribution in [3.63, 3.8) is 0 Å². The molecule has 3 rings (SSSR count). The van der Waals surface area contributed by atoms with Crippen molar-refractivity contribution < 1.29 is 24.2 Å². The highest BCUT2D eigenvalue weighted by Crippen LogP contribution is 2.40. The molecule has 2 aromatic rings. The van der Waals surface area contributed by atoms with Gasteiger partial charge in [0.25, 0.3) is 11.7 Å². The van der Waals surface area contributed by atoms with E-state index in [4.69, 9.17) is 9.47 Å². The maximum Gasteiger partial charge on any atom is 0.295 e. The third-order valence-electron chi connectivity index (χ3n) is 4.93. The second-order valence-electron chi connectivity index (χ2n) is 6.72. The van der Waals surface area contributed by atoms with Crippen molar-refractivity contribution in [2.45, 2.75) is 13.0 Å². The molecular formula is C22H22BrNO5. The number of halogens is 1. The molecule has 1 heterocycles. The van der Waals surface area contributed by atoms with Gasteiger partial charge in [0.15, 0.2) is 0 Å². The molecule has 0 aromatic heterocycles. The lowest BCUT2D eigenvalue weighted by atomic mass is 9.95. The molecule has 1 aliphatic heterocycles. The van der Waals surface area contributed by atoms with E-state index in [1.54, 1.807) is 25.3 Å². The van der Waals surface area contributed by atoms with Crippen LogP contribution in [0.3, 0.4) is 0 Å². The van der Waals surface area contributed by atoms with Crippen molar-refractivity contribution in [1.29, 1.82) is 0 Å². The van der Waals surface area contributed by atoms with Crippen LogP contribution in [0.25, 0.3) is 5.76 Å². The molecule has 152 valence electrons. The van der Waals surface area contributed by atoms with Gasteiger partial charge in [-0.2, -0.15) is 0 Å². The lowest BCUT2D eigenvalue weighted by molar-refractivity contribution is -0.140. The predicted octanol–water partition coefficient (Wildman–Crippen LogP) is 3.83. The maximum absolute atomic E-state index is 12.9. The highest BCUT2D eigenvalue weighted by Gasteiger charge is 2.45. The van der Waals surface area contributed by atoms with E-state index in [2.05, 4.69) is 15.9 Å². The Morgan fingerprint density at radius 3 is 2.41 bits per heavy atom. The fourth-order valence-corrected chi connectivity index (χ4v) is 3.74. The number of aryl methyl sites for hydroxylation is 1. The van der Waals surface area contributed by atoms with Gasteiger partial charge in [0.2, 0.25) is 0 Å². The summed E-state index contributed by atoms with van der Waals surface area (Å²) in [6.07, 6.45) is 0. The highest BCUT2D eigenvalue weighted by molar-refractivity contribution is 9.10. The Morgan fingerprint density at radius 1 is 1.14 bits per heavy atom. The first-order chi connectivity index (χ1) is 13.9. The second kappa shape index (κ2) is 8.80. The number of carbonyl (C=O) groups excluding carboxylic acids is 2. The van der Waals surface area contributed by atoms with Crippen molar-refractivity contribution in [1.82, 2.24) is 4.90 Å². The average Bonchev–Trinajstić information content (AvgIpc) is 2.96. The topological polar surface area (TPSA) is 76.1 Å². The molecule has 0 bridgehead atoms. The number of ketones is 1. The molecule has 0 aliphatic carbocycles. The number of rotatable bonds is 6. The minimum absolute atomic E-state index is 0.0676. The summed E-state index contributed by atoms with van der Waals surface area (Å²) in [4.78, 5) is 27.0. The van der Waals surface area contributed by atoms with E-state index in [1.807, 2.05) is 31.2 Å². The Balaban J connectivity index is 2.15. The number of hydrogen-bond donors (Lipinski definition) is 1. The third kappa shape index (κ3) is 4.06. The number of benzene rings is 2. The number of Topliss-reactive ketones (excluding diaryl/α,β-unsaturated/α-hetero) is 1. The Kier molecular flexibility index (Phi) is 6.39. The van der Waals surface area contributed by atoms with Crippen LogP contribution in [0.2, 0.25) is 0 Å². The summed E-state index contributed by atoms with van der Waals surface area (Å²) in [5.41, 5.74) is 2.06. The number of amides is 1. The quantitative estimate of drug-likeness (QED) is 0.403. The van der Waals surface area contributed by atoms with Gasteiger partial charge in [-0.05, 0) is 48.4 Å². The molecule has 0 spiro atoms. The Hall–Kier alpha value is -2.64. The first kappa shape index (κ1) is 21.1. The van der Waals surface area contributed by atoms with E-state index in [0.29, 0.717) is 11.3 Å². The third-order valence-corrected chi connectivity index (χ3v) is 5.46. The van der Waals surface area contributed by atoms with Gasteiger partial charge in [-0.3, -0.25) is 9.59 Å². The fraction of sp³-hybridized carbons (Fsp3) is 0.273. The molecule has 7 heteroatoms. The maximum atomic E-state index is 12.9. The summed E-state index contributed by atoms with van der Waals surface area (Å²) in [7, 11) is 3.10. The number of carbonyl (C=O) groups is 2. The summed E-state index contributed by atoms with van der Waals surface area (Å²) in [6, 6.07) is 11.8. The molecule has 1 fully saturated rings. The van der Waals surface area contributed by atoms with Crippen molar-refractivity contribution in [3.8, 4) is 5.75 Å².